The molecule has 0 bridgehead atoms. The van der Waals surface area contributed by atoms with E-state index in [0.29, 0.717) is 27.7 Å². The maximum Gasteiger partial charge on any atom is 0.208 e. The van der Waals surface area contributed by atoms with Crippen LogP contribution >= 0.6 is 11.3 Å². The number of phenols is 5. The Hall–Kier alpha value is -4.89. The normalized spacial score (nSPS) is 11.4. The summed E-state index contributed by atoms with van der Waals surface area (Å²) >= 11 is 1.40. The van der Waals surface area contributed by atoms with Gasteiger partial charge in [-0.1, -0.05) is 60.7 Å². The second-order valence-corrected chi connectivity index (χ2v) is 9.50. The molecule has 0 saturated carbocycles. The Balaban J connectivity index is 1.62. The summed E-state index contributed by atoms with van der Waals surface area (Å²) in [6, 6.07) is 20.7. The highest BCUT2D eigenvalue weighted by atomic mass is 32.1. The fourth-order valence-corrected chi connectivity index (χ4v) is 5.78. The molecule has 4 aromatic carbocycles. The van der Waals surface area contributed by atoms with Crippen LogP contribution in [0.4, 0.5) is 0 Å². The van der Waals surface area contributed by atoms with Gasteiger partial charge in [0.1, 0.15) is 5.82 Å². The van der Waals surface area contributed by atoms with Gasteiger partial charge in [-0.15, -0.1) is 11.3 Å². The molecule has 0 atom stereocenters. The summed E-state index contributed by atoms with van der Waals surface area (Å²) in [6.07, 6.45) is 0. The molecule has 0 radical (unpaired) electrons. The standard InChI is InChI=1S/C28H19N3O5S/c1-13-29-27(14-7-3-2-4-8-14)31-28(30-13)18-12-6-10-16-15-9-5-11-17(25(15)37-26(16)18)19-20(32)22(34)24(36)23(35)21(19)33/h2-12,32-36H,1H3. The Morgan fingerprint density at radius 1 is 0.541 bits per heavy atom. The third-order valence-corrected chi connectivity index (χ3v) is 7.47. The van der Waals surface area contributed by atoms with Crippen LogP contribution in [0, 0.1) is 6.92 Å². The van der Waals surface area contributed by atoms with Crippen LogP contribution in [0.3, 0.4) is 0 Å². The van der Waals surface area contributed by atoms with Gasteiger partial charge < -0.3 is 25.5 Å². The van der Waals surface area contributed by atoms with Crippen LogP contribution < -0.4 is 0 Å². The number of aromatic nitrogens is 3. The number of rotatable bonds is 3. The molecule has 0 aliphatic carbocycles. The number of benzene rings is 4. The Morgan fingerprint density at radius 2 is 1.08 bits per heavy atom. The Bertz CT molecular complexity index is 1820. The maximum atomic E-state index is 10.6. The minimum Gasteiger partial charge on any atom is -0.504 e. The van der Waals surface area contributed by atoms with Crippen LogP contribution in [0.5, 0.6) is 28.7 Å². The SMILES string of the molecule is Cc1nc(-c2ccccc2)nc(-c2cccc3c2sc2c(-c4c(O)c(O)c(O)c(O)c4O)cccc23)n1. The van der Waals surface area contributed by atoms with E-state index < -0.39 is 28.7 Å². The van der Waals surface area contributed by atoms with Crippen LogP contribution in [-0.2, 0) is 0 Å². The lowest BCUT2D eigenvalue weighted by molar-refractivity contribution is 0.330. The second-order valence-electron chi connectivity index (χ2n) is 8.48. The zero-order valence-electron chi connectivity index (χ0n) is 19.3. The summed E-state index contributed by atoms with van der Waals surface area (Å²) in [5.74, 6) is -2.66. The summed E-state index contributed by atoms with van der Waals surface area (Å²) < 4.78 is 1.56. The van der Waals surface area contributed by atoms with Crippen LogP contribution in [0.2, 0.25) is 0 Å². The van der Waals surface area contributed by atoms with Gasteiger partial charge in [0.05, 0.1) is 5.56 Å². The van der Waals surface area contributed by atoms with Crippen molar-refractivity contribution in [3.8, 4) is 62.7 Å². The first-order valence-corrected chi connectivity index (χ1v) is 12.1. The minimum atomic E-state index is -0.996. The number of aromatic hydroxyl groups is 5. The molecular formula is C28H19N3O5S. The van der Waals surface area contributed by atoms with Crippen molar-refractivity contribution in [2.45, 2.75) is 6.92 Å². The fraction of sp³-hybridized carbons (Fsp3) is 0.0357. The lowest BCUT2D eigenvalue weighted by atomic mass is 9.99. The van der Waals surface area contributed by atoms with Crippen LogP contribution in [0.25, 0.3) is 54.1 Å². The smallest absolute Gasteiger partial charge is 0.208 e. The highest BCUT2D eigenvalue weighted by Crippen LogP contribution is 2.56. The second kappa shape index (κ2) is 8.35. The molecule has 0 unspecified atom stereocenters. The number of nitrogens with zero attached hydrogens (tertiary/aromatic N) is 3. The van der Waals surface area contributed by atoms with E-state index in [1.165, 1.54) is 11.3 Å². The average Bonchev–Trinajstić information content (AvgIpc) is 3.31. The predicted molar refractivity (Wildman–Crippen MR) is 142 cm³/mol. The Kier molecular flexibility index (Phi) is 5.09. The molecule has 0 saturated heterocycles. The molecule has 2 aromatic heterocycles. The van der Waals surface area contributed by atoms with E-state index in [4.69, 9.17) is 4.98 Å². The average molecular weight is 510 g/mol. The largest absolute Gasteiger partial charge is 0.504 e. The van der Waals surface area contributed by atoms with Crippen molar-refractivity contribution in [3.05, 3.63) is 72.6 Å². The highest BCUT2D eigenvalue weighted by Gasteiger charge is 2.26. The summed E-state index contributed by atoms with van der Waals surface area (Å²) in [5.41, 5.74) is 1.85. The zero-order valence-corrected chi connectivity index (χ0v) is 20.2. The van der Waals surface area contributed by atoms with Gasteiger partial charge in [0.15, 0.2) is 23.1 Å². The molecule has 9 heteroatoms. The molecule has 5 N–H and O–H groups in total. The first kappa shape index (κ1) is 22.6. The summed E-state index contributed by atoms with van der Waals surface area (Å²) in [7, 11) is 0. The van der Waals surface area contributed by atoms with Crippen molar-refractivity contribution < 1.29 is 25.5 Å². The van der Waals surface area contributed by atoms with Crippen molar-refractivity contribution in [1.29, 1.82) is 0 Å². The molecule has 8 nitrogen and oxygen atoms in total. The van der Waals surface area contributed by atoms with Gasteiger partial charge in [-0.3, -0.25) is 0 Å². The van der Waals surface area contributed by atoms with Crippen LogP contribution in [0.1, 0.15) is 5.82 Å². The van der Waals surface area contributed by atoms with Gasteiger partial charge in [0.25, 0.3) is 0 Å². The topological polar surface area (TPSA) is 140 Å². The van der Waals surface area contributed by atoms with Gasteiger partial charge in [-0.05, 0) is 13.0 Å². The zero-order chi connectivity index (χ0) is 25.8. The molecular weight excluding hydrogens is 490 g/mol. The van der Waals surface area contributed by atoms with Gasteiger partial charge in [0, 0.05) is 36.9 Å². The van der Waals surface area contributed by atoms with Crippen molar-refractivity contribution in [1.82, 2.24) is 15.0 Å². The van der Waals surface area contributed by atoms with E-state index in [1.807, 2.05) is 61.5 Å². The van der Waals surface area contributed by atoms with E-state index in [-0.39, 0.29) is 5.56 Å². The molecule has 0 aliphatic rings. The van der Waals surface area contributed by atoms with Gasteiger partial charge >= 0.3 is 0 Å². The number of phenolic OH excluding ortho intramolecular Hbond substituents is 5. The number of aryl methyl sites for hydroxylation is 1. The van der Waals surface area contributed by atoms with E-state index in [9.17, 15) is 25.5 Å². The highest BCUT2D eigenvalue weighted by molar-refractivity contribution is 7.26. The van der Waals surface area contributed by atoms with Crippen LogP contribution in [-0.4, -0.2) is 40.5 Å². The molecule has 0 fully saturated rings. The maximum absolute atomic E-state index is 10.6. The molecule has 6 rings (SSSR count). The molecule has 182 valence electrons. The summed E-state index contributed by atoms with van der Waals surface area (Å²) in [6.45, 7) is 1.82. The summed E-state index contributed by atoms with van der Waals surface area (Å²) in [5, 5.41) is 52.9. The predicted octanol–water partition coefficient (Wildman–Crippen LogP) is 6.08. The van der Waals surface area contributed by atoms with Crippen molar-refractivity contribution in [2.75, 3.05) is 0 Å². The molecule has 37 heavy (non-hydrogen) atoms. The monoisotopic (exact) mass is 509 g/mol. The molecule has 0 aliphatic heterocycles. The first-order valence-electron chi connectivity index (χ1n) is 11.3. The van der Waals surface area contributed by atoms with E-state index in [0.717, 1.165) is 26.6 Å². The van der Waals surface area contributed by atoms with Gasteiger partial charge in [0.2, 0.25) is 17.2 Å². The first-order chi connectivity index (χ1) is 17.8. The third-order valence-electron chi connectivity index (χ3n) is 6.18. The van der Waals surface area contributed by atoms with Gasteiger partial charge in [-0.2, -0.15) is 0 Å². The number of fused-ring (bicyclic) bond motifs is 3. The number of hydrogen-bond acceptors (Lipinski definition) is 9. The van der Waals surface area contributed by atoms with Crippen molar-refractivity contribution in [2.24, 2.45) is 0 Å². The van der Waals surface area contributed by atoms with E-state index in [2.05, 4.69) is 9.97 Å². The van der Waals surface area contributed by atoms with Crippen molar-refractivity contribution in [3.63, 3.8) is 0 Å². The molecule has 0 amide bonds. The van der Waals surface area contributed by atoms with E-state index in [1.54, 1.807) is 12.1 Å². The summed E-state index contributed by atoms with van der Waals surface area (Å²) in [4.78, 5) is 13.9. The number of hydrogen-bond donors (Lipinski definition) is 5. The lowest BCUT2D eigenvalue weighted by Crippen LogP contribution is -1.99. The fourth-order valence-electron chi connectivity index (χ4n) is 4.45. The Labute approximate surface area is 214 Å². The third kappa shape index (κ3) is 3.47. The molecule has 2 heterocycles. The van der Waals surface area contributed by atoms with Crippen LogP contribution in [0.15, 0.2) is 66.7 Å². The molecule has 6 aromatic rings. The minimum absolute atomic E-state index is 0.186. The van der Waals surface area contributed by atoms with Gasteiger partial charge in [-0.25, -0.2) is 15.0 Å². The quantitative estimate of drug-likeness (QED) is 0.143. The lowest BCUT2D eigenvalue weighted by Gasteiger charge is -2.13. The Morgan fingerprint density at radius 3 is 1.73 bits per heavy atom. The molecule has 0 spiro atoms. The van der Waals surface area contributed by atoms with E-state index >= 15 is 0 Å². The van der Waals surface area contributed by atoms with Crippen molar-refractivity contribution >= 4 is 31.5 Å². The number of thiophene rings is 1.